The third kappa shape index (κ3) is 4.95. The molecule has 1 unspecified atom stereocenters. The molecule has 2 aromatic rings. The van der Waals surface area contributed by atoms with Crippen LogP contribution in [0.5, 0.6) is 5.75 Å². The monoisotopic (exact) mass is 341 g/mol. The number of thiophene rings is 1. The van der Waals surface area contributed by atoms with E-state index in [1.807, 2.05) is 41.1 Å². The minimum Gasteiger partial charge on any atom is -0.492 e. The van der Waals surface area contributed by atoms with Crippen LogP contribution in [0.2, 0.25) is 0 Å². The minimum atomic E-state index is -0.447. The maximum Gasteiger partial charge on any atom is 0.120 e. The van der Waals surface area contributed by atoms with Gasteiger partial charge in [-0.25, -0.2) is 0 Å². The highest BCUT2D eigenvalue weighted by Gasteiger charge is 2.06. The molecular formula is C14H16BrNO2S. The first-order chi connectivity index (χ1) is 9.25. The van der Waals surface area contributed by atoms with Crippen molar-refractivity contribution in [2.24, 2.45) is 0 Å². The van der Waals surface area contributed by atoms with Crippen molar-refractivity contribution in [2.75, 3.05) is 19.7 Å². The molecule has 0 aliphatic heterocycles. The summed E-state index contributed by atoms with van der Waals surface area (Å²) in [5, 5.41) is 17.0. The summed E-state index contributed by atoms with van der Waals surface area (Å²) in [6, 6.07) is 9.69. The van der Waals surface area contributed by atoms with Gasteiger partial charge in [0.2, 0.25) is 0 Å². The standard InChI is InChI=1S/C14H16BrNO2S/c15-12-2-1-3-13(8-12)18-6-5-16-9-14(17)11-4-7-19-10-11/h1-4,7-8,10,14,16-17H,5-6,9H2. The number of aliphatic hydroxyl groups is 1. The molecule has 1 aromatic heterocycles. The largest absolute Gasteiger partial charge is 0.492 e. The highest BCUT2D eigenvalue weighted by atomic mass is 79.9. The van der Waals surface area contributed by atoms with Gasteiger partial charge in [0.15, 0.2) is 0 Å². The molecule has 1 atom stereocenters. The molecule has 19 heavy (non-hydrogen) atoms. The van der Waals surface area contributed by atoms with E-state index in [9.17, 15) is 5.11 Å². The predicted octanol–water partition coefficient (Wildman–Crippen LogP) is 3.21. The first-order valence-corrected chi connectivity index (χ1v) is 7.78. The third-order valence-corrected chi connectivity index (χ3v) is 3.80. The lowest BCUT2D eigenvalue weighted by molar-refractivity contribution is 0.172. The van der Waals surface area contributed by atoms with E-state index in [1.165, 1.54) is 0 Å². The summed E-state index contributed by atoms with van der Waals surface area (Å²) in [6.45, 7) is 1.82. The van der Waals surface area contributed by atoms with Gasteiger partial charge in [-0.15, -0.1) is 0 Å². The van der Waals surface area contributed by atoms with Gasteiger partial charge in [-0.3, -0.25) is 0 Å². The van der Waals surface area contributed by atoms with E-state index in [2.05, 4.69) is 21.2 Å². The molecule has 1 aromatic carbocycles. The fourth-order valence-corrected chi connectivity index (χ4v) is 2.70. The Morgan fingerprint density at radius 2 is 2.26 bits per heavy atom. The van der Waals surface area contributed by atoms with Crippen LogP contribution in [-0.2, 0) is 0 Å². The second kappa shape index (κ2) is 7.65. The molecule has 2 rings (SSSR count). The van der Waals surface area contributed by atoms with Crippen LogP contribution in [-0.4, -0.2) is 24.8 Å². The Balaban J connectivity index is 1.62. The lowest BCUT2D eigenvalue weighted by Gasteiger charge is -2.11. The fourth-order valence-electron chi connectivity index (χ4n) is 1.62. The van der Waals surface area contributed by atoms with Gasteiger partial charge in [0.05, 0.1) is 6.10 Å². The van der Waals surface area contributed by atoms with E-state index in [0.29, 0.717) is 19.7 Å². The van der Waals surface area contributed by atoms with Crippen LogP contribution >= 0.6 is 27.3 Å². The van der Waals surface area contributed by atoms with E-state index in [-0.39, 0.29) is 0 Å². The van der Waals surface area contributed by atoms with Crippen molar-refractivity contribution in [1.29, 1.82) is 0 Å². The molecule has 2 N–H and O–H groups in total. The Kier molecular flexibility index (Phi) is 5.85. The average molecular weight is 342 g/mol. The number of hydrogen-bond acceptors (Lipinski definition) is 4. The van der Waals surface area contributed by atoms with Crippen molar-refractivity contribution >= 4 is 27.3 Å². The summed E-state index contributed by atoms with van der Waals surface area (Å²) in [6.07, 6.45) is -0.447. The van der Waals surface area contributed by atoms with E-state index in [0.717, 1.165) is 15.8 Å². The lowest BCUT2D eigenvalue weighted by Crippen LogP contribution is -2.26. The van der Waals surface area contributed by atoms with Crippen LogP contribution < -0.4 is 10.1 Å². The van der Waals surface area contributed by atoms with Gasteiger partial charge in [-0.05, 0) is 40.6 Å². The van der Waals surface area contributed by atoms with Crippen LogP contribution in [0.4, 0.5) is 0 Å². The Morgan fingerprint density at radius 1 is 1.37 bits per heavy atom. The van der Waals surface area contributed by atoms with Crippen molar-refractivity contribution in [3.63, 3.8) is 0 Å². The number of rotatable bonds is 7. The molecule has 102 valence electrons. The zero-order valence-corrected chi connectivity index (χ0v) is 12.8. The Bertz CT molecular complexity index is 490. The van der Waals surface area contributed by atoms with Gasteiger partial charge < -0.3 is 15.2 Å². The second-order valence-corrected chi connectivity index (χ2v) is 5.78. The van der Waals surface area contributed by atoms with Gasteiger partial charge in [0.25, 0.3) is 0 Å². The summed E-state index contributed by atoms with van der Waals surface area (Å²) in [5.41, 5.74) is 0.963. The SMILES string of the molecule is OC(CNCCOc1cccc(Br)c1)c1ccsc1. The van der Waals surface area contributed by atoms with E-state index >= 15 is 0 Å². The van der Waals surface area contributed by atoms with Crippen molar-refractivity contribution in [3.05, 3.63) is 51.1 Å². The summed E-state index contributed by atoms with van der Waals surface area (Å²) < 4.78 is 6.59. The molecule has 0 aliphatic carbocycles. The molecule has 0 fully saturated rings. The number of benzene rings is 1. The lowest BCUT2D eigenvalue weighted by atomic mass is 10.2. The van der Waals surface area contributed by atoms with Crippen molar-refractivity contribution in [2.45, 2.75) is 6.10 Å². The molecule has 1 heterocycles. The number of aliphatic hydroxyl groups excluding tert-OH is 1. The smallest absolute Gasteiger partial charge is 0.120 e. The number of ether oxygens (including phenoxy) is 1. The maximum absolute atomic E-state index is 9.86. The molecule has 3 nitrogen and oxygen atoms in total. The summed E-state index contributed by atoms with van der Waals surface area (Å²) >= 11 is 4.99. The van der Waals surface area contributed by atoms with Crippen LogP contribution in [0.15, 0.2) is 45.6 Å². The van der Waals surface area contributed by atoms with E-state index in [4.69, 9.17) is 4.74 Å². The topological polar surface area (TPSA) is 41.5 Å². The number of hydrogen-bond donors (Lipinski definition) is 2. The molecule has 0 bridgehead atoms. The quantitative estimate of drug-likeness (QED) is 0.760. The van der Waals surface area contributed by atoms with Gasteiger partial charge in [0, 0.05) is 17.6 Å². The summed E-state index contributed by atoms with van der Waals surface area (Å²) in [7, 11) is 0. The Hall–Kier alpha value is -0.880. The van der Waals surface area contributed by atoms with Crippen molar-refractivity contribution in [1.82, 2.24) is 5.32 Å². The van der Waals surface area contributed by atoms with Crippen LogP contribution in [0.1, 0.15) is 11.7 Å². The first kappa shape index (κ1) is 14.5. The molecule has 0 spiro atoms. The van der Waals surface area contributed by atoms with Crippen LogP contribution in [0.25, 0.3) is 0 Å². The highest BCUT2D eigenvalue weighted by molar-refractivity contribution is 9.10. The summed E-state index contributed by atoms with van der Waals surface area (Å²) in [4.78, 5) is 0. The maximum atomic E-state index is 9.86. The number of halogens is 1. The van der Waals surface area contributed by atoms with E-state index < -0.39 is 6.10 Å². The fraction of sp³-hybridized carbons (Fsp3) is 0.286. The van der Waals surface area contributed by atoms with Gasteiger partial charge in [-0.2, -0.15) is 11.3 Å². The second-order valence-electron chi connectivity index (χ2n) is 4.08. The van der Waals surface area contributed by atoms with Crippen molar-refractivity contribution < 1.29 is 9.84 Å². The van der Waals surface area contributed by atoms with Gasteiger partial charge >= 0.3 is 0 Å². The first-order valence-electron chi connectivity index (χ1n) is 6.05. The minimum absolute atomic E-state index is 0.447. The van der Waals surface area contributed by atoms with E-state index in [1.54, 1.807) is 11.3 Å². The normalized spacial score (nSPS) is 12.3. The molecule has 0 radical (unpaired) electrons. The third-order valence-electron chi connectivity index (χ3n) is 2.61. The molecular weight excluding hydrogens is 326 g/mol. The zero-order valence-electron chi connectivity index (χ0n) is 10.4. The molecule has 0 amide bonds. The molecule has 0 aliphatic rings. The van der Waals surface area contributed by atoms with Crippen LogP contribution in [0.3, 0.4) is 0 Å². The number of nitrogens with one attached hydrogen (secondary N) is 1. The summed E-state index contributed by atoms with van der Waals surface area (Å²) in [5.74, 6) is 0.842. The Labute approximate surface area is 125 Å². The molecule has 0 saturated heterocycles. The van der Waals surface area contributed by atoms with Gasteiger partial charge in [-0.1, -0.05) is 22.0 Å². The molecule has 5 heteroatoms. The zero-order chi connectivity index (χ0) is 13.5. The average Bonchev–Trinajstić information content (AvgIpc) is 2.92. The van der Waals surface area contributed by atoms with Crippen LogP contribution in [0, 0.1) is 0 Å². The molecule has 0 saturated carbocycles. The van der Waals surface area contributed by atoms with Crippen molar-refractivity contribution in [3.8, 4) is 5.75 Å². The predicted molar refractivity (Wildman–Crippen MR) is 81.8 cm³/mol. The van der Waals surface area contributed by atoms with Gasteiger partial charge in [0.1, 0.15) is 12.4 Å². The highest BCUT2D eigenvalue weighted by Crippen LogP contribution is 2.17. The Morgan fingerprint density at radius 3 is 3.00 bits per heavy atom.